The van der Waals surface area contributed by atoms with E-state index in [0.717, 1.165) is 0 Å². The Labute approximate surface area is 217 Å². The molecule has 0 heterocycles. The summed E-state index contributed by atoms with van der Waals surface area (Å²) in [6, 6.07) is 6.95. The van der Waals surface area contributed by atoms with Crippen molar-refractivity contribution in [3.05, 3.63) is 163 Å². The van der Waals surface area contributed by atoms with Crippen LogP contribution in [0.4, 0.5) is 0 Å². The molecule has 0 saturated heterocycles. The molecule has 4 fully saturated rings. The van der Waals surface area contributed by atoms with Gasteiger partial charge >= 0.3 is 34.1 Å². The van der Waals surface area contributed by atoms with Gasteiger partial charge < -0.3 is 0 Å². The first kappa shape index (κ1) is 29.6. The monoisotopic (exact) mass is 502 g/mol. The van der Waals surface area contributed by atoms with Crippen molar-refractivity contribution in [2.75, 3.05) is 0 Å². The molecule has 4 heteroatoms. The van der Waals surface area contributed by atoms with Crippen molar-refractivity contribution < 1.29 is 43.7 Å². The normalized spacial score (nSPS) is 20.2. The summed E-state index contributed by atoms with van der Waals surface area (Å²) in [5, 5.41) is 0. The minimum atomic E-state index is -0.120. The predicted octanol–water partition coefficient (Wildman–Crippen LogP) is 4.90. The van der Waals surface area contributed by atoms with Crippen LogP contribution in [0.25, 0.3) is 0 Å². The SMILES string of the molecule is O=C([C]1[CH][CH][CH][CH]1)c1ccccc1C(=O)[C]1[CH][CH][CH][CH]1.[CH]1[CH][CH][CH][CH]1.[CH]1[CH][CH][CH][CH]1.[Fe+2].[Fe+2]. The molecular weight excluding hydrogens is 480 g/mol. The molecular formula is C28H22Fe2O2+4. The molecule has 0 spiro atoms. The third-order valence-electron chi connectivity index (χ3n) is 4.38. The van der Waals surface area contributed by atoms with Crippen molar-refractivity contribution in [2.24, 2.45) is 0 Å². The van der Waals surface area contributed by atoms with E-state index < -0.39 is 0 Å². The van der Waals surface area contributed by atoms with E-state index in [1.807, 2.05) is 89.9 Å². The molecule has 0 unspecified atom stereocenters. The molecule has 0 atom stereocenters. The van der Waals surface area contributed by atoms with Crippen LogP contribution in [0.2, 0.25) is 0 Å². The number of rotatable bonds is 4. The maximum absolute atomic E-state index is 12.5. The summed E-state index contributed by atoms with van der Waals surface area (Å²) in [6.45, 7) is 0. The fourth-order valence-corrected chi connectivity index (χ4v) is 2.88. The Bertz CT molecular complexity index is 581. The molecule has 1 aromatic carbocycles. The van der Waals surface area contributed by atoms with Gasteiger partial charge in [0.25, 0.3) is 0 Å². The molecule has 5 rings (SSSR count). The smallest absolute Gasteiger partial charge is 0.293 e. The minimum absolute atomic E-state index is 0. The van der Waals surface area contributed by atoms with Crippen LogP contribution < -0.4 is 0 Å². The molecule has 158 valence electrons. The van der Waals surface area contributed by atoms with Crippen LogP contribution in [-0.4, -0.2) is 11.6 Å². The van der Waals surface area contributed by atoms with Gasteiger partial charge in [-0.15, -0.1) is 0 Å². The van der Waals surface area contributed by atoms with E-state index in [9.17, 15) is 9.59 Å². The van der Waals surface area contributed by atoms with Gasteiger partial charge in [-0.25, -0.2) is 0 Å². The molecule has 0 N–H and O–H groups in total. The van der Waals surface area contributed by atoms with Gasteiger partial charge in [-0.1, -0.05) is 24.3 Å². The van der Waals surface area contributed by atoms with Crippen LogP contribution in [-0.2, 0) is 34.1 Å². The van der Waals surface area contributed by atoms with Crippen molar-refractivity contribution in [3.63, 3.8) is 0 Å². The summed E-state index contributed by atoms with van der Waals surface area (Å²) in [5.74, 6) is 0.969. The molecule has 0 aromatic heterocycles. The quantitative estimate of drug-likeness (QED) is 0.434. The van der Waals surface area contributed by atoms with E-state index >= 15 is 0 Å². The molecule has 0 aliphatic heterocycles. The average Bonchev–Trinajstić information content (AvgIpc) is 3.62. The van der Waals surface area contributed by atoms with E-state index in [1.54, 1.807) is 49.9 Å². The maximum Gasteiger partial charge on any atom is 2.00 e. The van der Waals surface area contributed by atoms with Crippen LogP contribution in [0.1, 0.15) is 20.7 Å². The second-order valence-corrected chi connectivity index (χ2v) is 6.48. The molecule has 20 radical (unpaired) electrons. The van der Waals surface area contributed by atoms with E-state index in [2.05, 4.69) is 0 Å². The fraction of sp³-hybridized carbons (Fsp3) is 0. The zero-order valence-corrected chi connectivity index (χ0v) is 19.4. The second-order valence-electron chi connectivity index (χ2n) is 6.48. The molecule has 0 amide bonds. The predicted molar refractivity (Wildman–Crippen MR) is 119 cm³/mol. The number of hydrogen-bond acceptors (Lipinski definition) is 2. The number of benzene rings is 1. The van der Waals surface area contributed by atoms with E-state index in [0.29, 0.717) is 23.0 Å². The molecule has 4 aliphatic carbocycles. The second kappa shape index (κ2) is 17.1. The molecule has 2 nitrogen and oxygen atoms in total. The number of ketones is 2. The first-order valence-electron chi connectivity index (χ1n) is 9.72. The Kier molecular flexibility index (Phi) is 15.8. The zero-order chi connectivity index (χ0) is 21.0. The number of hydrogen-bond donors (Lipinski definition) is 0. The van der Waals surface area contributed by atoms with Crippen LogP contribution in [0.5, 0.6) is 0 Å². The topological polar surface area (TPSA) is 34.1 Å². The Hall–Kier alpha value is -0.401. The van der Waals surface area contributed by atoms with Crippen molar-refractivity contribution in [2.45, 2.75) is 0 Å². The largest absolute Gasteiger partial charge is 2.00 e. The first-order chi connectivity index (χ1) is 14.8. The Morgan fingerprint density at radius 1 is 0.406 bits per heavy atom. The summed E-state index contributed by atoms with van der Waals surface area (Å²) >= 11 is 0. The Morgan fingerprint density at radius 2 is 0.656 bits per heavy atom. The van der Waals surface area contributed by atoms with Gasteiger partial charge in [-0.2, -0.15) is 0 Å². The summed E-state index contributed by atoms with van der Waals surface area (Å²) in [7, 11) is 0. The van der Waals surface area contributed by atoms with Gasteiger partial charge in [0.15, 0.2) is 11.6 Å². The summed E-state index contributed by atoms with van der Waals surface area (Å²) in [5.41, 5.74) is 0.898. The van der Waals surface area contributed by atoms with Gasteiger partial charge in [-0.3, -0.25) is 9.59 Å². The average molecular weight is 502 g/mol. The van der Waals surface area contributed by atoms with Crippen molar-refractivity contribution in [1.82, 2.24) is 0 Å². The summed E-state index contributed by atoms with van der Waals surface area (Å²) in [4.78, 5) is 24.9. The van der Waals surface area contributed by atoms with Gasteiger partial charge in [0.1, 0.15) is 0 Å². The number of carbonyl (C=O) groups is 2. The van der Waals surface area contributed by atoms with Crippen LogP contribution >= 0.6 is 0 Å². The van der Waals surface area contributed by atoms with E-state index in [4.69, 9.17) is 0 Å². The van der Waals surface area contributed by atoms with Gasteiger partial charge in [-0.05, 0) is 116 Å². The molecule has 0 bridgehead atoms. The van der Waals surface area contributed by atoms with Crippen molar-refractivity contribution in [1.29, 1.82) is 0 Å². The standard InChI is InChI=1S/C18H12O2.2C5H5.2Fe/c19-17(13-7-1-2-8-13)15-11-5-6-12-16(15)18(20)14-9-3-4-10-14;2*1-2-4-5-3-1;;/h1-12H;2*1-5H;;/q;;;2*+2. The Morgan fingerprint density at radius 3 is 0.906 bits per heavy atom. The minimum Gasteiger partial charge on any atom is -0.293 e. The fourth-order valence-electron chi connectivity index (χ4n) is 2.88. The number of Topliss-reactive ketones (excluding diaryl/α,β-unsaturated/α-hetero) is 2. The van der Waals surface area contributed by atoms with Crippen molar-refractivity contribution >= 4 is 11.6 Å². The Balaban J connectivity index is 0.000000353. The maximum atomic E-state index is 12.5. The molecule has 1 aromatic rings. The van der Waals surface area contributed by atoms with E-state index in [1.165, 1.54) is 0 Å². The third-order valence-corrected chi connectivity index (χ3v) is 4.38. The summed E-state index contributed by atoms with van der Waals surface area (Å²) < 4.78 is 0. The van der Waals surface area contributed by atoms with Crippen LogP contribution in [0.15, 0.2) is 24.3 Å². The molecule has 4 saturated carbocycles. The van der Waals surface area contributed by atoms with Crippen molar-refractivity contribution in [3.8, 4) is 0 Å². The van der Waals surface area contributed by atoms with Gasteiger partial charge in [0, 0.05) is 11.1 Å². The van der Waals surface area contributed by atoms with Crippen LogP contribution in [0.3, 0.4) is 0 Å². The van der Waals surface area contributed by atoms with E-state index in [-0.39, 0.29) is 45.7 Å². The molecule has 32 heavy (non-hydrogen) atoms. The van der Waals surface area contributed by atoms with Crippen LogP contribution in [0, 0.1) is 127 Å². The molecule has 4 aliphatic rings. The number of carbonyl (C=O) groups excluding carboxylic acids is 2. The third kappa shape index (κ3) is 9.46. The zero-order valence-electron chi connectivity index (χ0n) is 17.2. The van der Waals surface area contributed by atoms with Gasteiger partial charge in [0.05, 0.1) is 11.8 Å². The summed E-state index contributed by atoms with van der Waals surface area (Å²) in [6.07, 6.45) is 34.3. The van der Waals surface area contributed by atoms with Gasteiger partial charge in [0.2, 0.25) is 0 Å². The first-order valence-corrected chi connectivity index (χ1v) is 9.72.